The molecule has 0 spiro atoms. The van der Waals surface area contributed by atoms with Gasteiger partial charge in [0.05, 0.1) is 27.5 Å². The second kappa shape index (κ2) is 6.67. The number of amides is 1. The third kappa shape index (κ3) is 3.67. The predicted octanol–water partition coefficient (Wildman–Crippen LogP) is 2.32. The molecule has 21 heavy (non-hydrogen) atoms. The van der Waals surface area contributed by atoms with Crippen LogP contribution >= 0.6 is 11.3 Å². The van der Waals surface area contributed by atoms with E-state index in [9.17, 15) is 9.18 Å². The average molecular weight is 299 g/mol. The lowest BCUT2D eigenvalue weighted by molar-refractivity contribution is 0.103. The molecule has 0 saturated carbocycles. The first-order chi connectivity index (χ1) is 10.1. The lowest BCUT2D eigenvalue weighted by atomic mass is 10.2. The van der Waals surface area contributed by atoms with E-state index in [1.54, 1.807) is 12.1 Å². The minimum absolute atomic E-state index is 0.0723. The molecule has 1 heterocycles. The lowest BCUT2D eigenvalue weighted by Gasteiger charge is -2.05. The zero-order valence-electron chi connectivity index (χ0n) is 10.8. The molecular formula is C15H10FN3OS. The van der Waals surface area contributed by atoms with Crippen molar-refractivity contribution in [1.29, 1.82) is 5.26 Å². The highest BCUT2D eigenvalue weighted by molar-refractivity contribution is 7.14. The Bertz CT molecular complexity index is 780. The number of benzene rings is 1. The van der Waals surface area contributed by atoms with Gasteiger partial charge in [-0.3, -0.25) is 4.79 Å². The minimum Gasteiger partial charge on any atom is -0.320 e. The highest BCUT2D eigenvalue weighted by Crippen LogP contribution is 2.20. The number of hydrogen-bond donors (Lipinski definition) is 2. The van der Waals surface area contributed by atoms with Gasteiger partial charge in [-0.2, -0.15) is 5.26 Å². The van der Waals surface area contributed by atoms with Crippen molar-refractivity contribution in [3.05, 3.63) is 51.5 Å². The van der Waals surface area contributed by atoms with Crippen LogP contribution < -0.4 is 11.1 Å². The second-order valence-electron chi connectivity index (χ2n) is 3.93. The zero-order valence-corrected chi connectivity index (χ0v) is 11.6. The van der Waals surface area contributed by atoms with Gasteiger partial charge in [-0.1, -0.05) is 11.8 Å². The van der Waals surface area contributed by atoms with Crippen molar-refractivity contribution in [2.24, 2.45) is 5.73 Å². The van der Waals surface area contributed by atoms with Gasteiger partial charge in [0.25, 0.3) is 5.91 Å². The summed E-state index contributed by atoms with van der Waals surface area (Å²) in [4.78, 5) is 13.3. The Morgan fingerprint density at radius 2 is 2.19 bits per heavy atom. The summed E-state index contributed by atoms with van der Waals surface area (Å²) in [7, 11) is 0. The van der Waals surface area contributed by atoms with Crippen molar-refractivity contribution in [3.63, 3.8) is 0 Å². The summed E-state index contributed by atoms with van der Waals surface area (Å²) in [5, 5.41) is 11.5. The van der Waals surface area contributed by atoms with Gasteiger partial charge in [0.1, 0.15) is 11.9 Å². The summed E-state index contributed by atoms with van der Waals surface area (Å²) in [6.07, 6.45) is 0. The van der Waals surface area contributed by atoms with E-state index in [4.69, 9.17) is 11.0 Å². The van der Waals surface area contributed by atoms with Crippen molar-refractivity contribution >= 4 is 22.9 Å². The van der Waals surface area contributed by atoms with Crippen LogP contribution in [0.15, 0.2) is 30.3 Å². The summed E-state index contributed by atoms with van der Waals surface area (Å²) in [6.45, 7) is 0.251. The van der Waals surface area contributed by atoms with Crippen LogP contribution in [0.2, 0.25) is 0 Å². The topological polar surface area (TPSA) is 78.9 Å². The van der Waals surface area contributed by atoms with Gasteiger partial charge >= 0.3 is 0 Å². The van der Waals surface area contributed by atoms with E-state index in [2.05, 4.69) is 17.2 Å². The maximum atomic E-state index is 13.0. The summed E-state index contributed by atoms with van der Waals surface area (Å²) in [5.74, 6) is 4.64. The van der Waals surface area contributed by atoms with Crippen molar-refractivity contribution in [2.45, 2.75) is 0 Å². The first-order valence-electron chi connectivity index (χ1n) is 5.94. The van der Waals surface area contributed by atoms with E-state index in [1.165, 1.54) is 23.5 Å². The Balaban J connectivity index is 2.19. The van der Waals surface area contributed by atoms with E-state index in [-0.39, 0.29) is 23.7 Å². The van der Waals surface area contributed by atoms with Crippen molar-refractivity contribution in [2.75, 3.05) is 11.9 Å². The molecule has 104 valence electrons. The first-order valence-corrected chi connectivity index (χ1v) is 6.75. The normalized spacial score (nSPS) is 9.38. The van der Waals surface area contributed by atoms with Crippen LogP contribution in [0.4, 0.5) is 10.1 Å². The van der Waals surface area contributed by atoms with Crippen LogP contribution in [0.3, 0.4) is 0 Å². The fourth-order valence-corrected chi connectivity index (χ4v) is 2.34. The van der Waals surface area contributed by atoms with Gasteiger partial charge in [0.2, 0.25) is 0 Å². The molecule has 0 atom stereocenters. The van der Waals surface area contributed by atoms with E-state index in [1.807, 2.05) is 6.07 Å². The Kier molecular flexibility index (Phi) is 4.68. The third-order valence-electron chi connectivity index (χ3n) is 2.49. The highest BCUT2D eigenvalue weighted by atomic mass is 32.1. The van der Waals surface area contributed by atoms with Gasteiger partial charge in [0.15, 0.2) is 0 Å². The maximum absolute atomic E-state index is 13.0. The van der Waals surface area contributed by atoms with E-state index >= 15 is 0 Å². The number of nitrogens with zero attached hydrogens (tertiary/aromatic N) is 1. The molecular weight excluding hydrogens is 289 g/mol. The number of carbonyl (C=O) groups excluding carboxylic acids is 1. The number of carbonyl (C=O) groups is 1. The number of nitriles is 1. The fourth-order valence-electron chi connectivity index (χ4n) is 1.57. The molecule has 1 aromatic carbocycles. The molecule has 1 aromatic heterocycles. The first kappa shape index (κ1) is 14.7. The summed E-state index contributed by atoms with van der Waals surface area (Å²) >= 11 is 1.22. The van der Waals surface area contributed by atoms with Crippen LogP contribution in [-0.2, 0) is 0 Å². The molecule has 0 unspecified atom stereocenters. The van der Waals surface area contributed by atoms with Gasteiger partial charge in [-0.25, -0.2) is 4.39 Å². The molecule has 0 aliphatic heterocycles. The standard InChI is InChI=1S/C15H10FN3OS/c16-11-3-5-13(10(8-11)9-18)19-15(20)14-6-4-12(21-14)2-1-7-17/h3-6,8H,7,17H2,(H,19,20). The van der Waals surface area contributed by atoms with E-state index in [0.717, 1.165) is 10.9 Å². The number of thiophene rings is 1. The van der Waals surface area contributed by atoms with Crippen LogP contribution in [0.5, 0.6) is 0 Å². The zero-order chi connectivity index (χ0) is 15.2. The largest absolute Gasteiger partial charge is 0.320 e. The Labute approximate surface area is 125 Å². The monoisotopic (exact) mass is 299 g/mol. The molecule has 0 saturated heterocycles. The second-order valence-corrected chi connectivity index (χ2v) is 5.01. The molecule has 6 heteroatoms. The number of hydrogen-bond acceptors (Lipinski definition) is 4. The molecule has 2 aromatic rings. The molecule has 2 rings (SSSR count). The van der Waals surface area contributed by atoms with Crippen molar-refractivity contribution in [1.82, 2.24) is 0 Å². The lowest BCUT2D eigenvalue weighted by Crippen LogP contribution is -2.11. The molecule has 4 nitrogen and oxygen atoms in total. The van der Waals surface area contributed by atoms with Crippen molar-refractivity contribution in [3.8, 4) is 17.9 Å². The van der Waals surface area contributed by atoms with Crippen molar-refractivity contribution < 1.29 is 9.18 Å². The van der Waals surface area contributed by atoms with Crippen LogP contribution in [0.1, 0.15) is 20.1 Å². The van der Waals surface area contributed by atoms with Crippen LogP contribution in [0, 0.1) is 29.0 Å². The number of nitrogens with two attached hydrogens (primary N) is 1. The number of halogens is 1. The van der Waals surface area contributed by atoms with Crippen LogP contribution in [-0.4, -0.2) is 12.5 Å². The summed E-state index contributed by atoms with van der Waals surface area (Å²) < 4.78 is 13.0. The Morgan fingerprint density at radius 3 is 2.90 bits per heavy atom. The fraction of sp³-hybridized carbons (Fsp3) is 0.0667. The maximum Gasteiger partial charge on any atom is 0.265 e. The quantitative estimate of drug-likeness (QED) is 0.835. The number of rotatable bonds is 2. The van der Waals surface area contributed by atoms with E-state index < -0.39 is 5.82 Å². The summed E-state index contributed by atoms with van der Waals surface area (Å²) in [6, 6.07) is 8.81. The molecule has 1 amide bonds. The van der Waals surface area contributed by atoms with Gasteiger partial charge in [0, 0.05) is 0 Å². The van der Waals surface area contributed by atoms with Gasteiger partial charge < -0.3 is 11.1 Å². The molecule has 0 radical (unpaired) electrons. The minimum atomic E-state index is -0.528. The highest BCUT2D eigenvalue weighted by Gasteiger charge is 2.12. The molecule has 0 aliphatic rings. The molecule has 3 N–H and O–H groups in total. The molecule has 0 bridgehead atoms. The van der Waals surface area contributed by atoms with Crippen LogP contribution in [0.25, 0.3) is 0 Å². The third-order valence-corrected chi connectivity index (χ3v) is 3.49. The number of nitrogens with one attached hydrogen (secondary N) is 1. The SMILES string of the molecule is N#Cc1cc(F)ccc1NC(=O)c1ccc(C#CCN)s1. The average Bonchev–Trinajstić information content (AvgIpc) is 2.95. The van der Waals surface area contributed by atoms with Gasteiger partial charge in [-0.05, 0) is 30.3 Å². The van der Waals surface area contributed by atoms with E-state index in [0.29, 0.717) is 4.88 Å². The molecule has 0 aliphatic carbocycles. The molecule has 0 fully saturated rings. The Hall–Kier alpha value is -2.67. The summed E-state index contributed by atoms with van der Waals surface area (Å²) in [5.41, 5.74) is 5.62. The predicted molar refractivity (Wildman–Crippen MR) is 79.3 cm³/mol. The Morgan fingerprint density at radius 1 is 1.38 bits per heavy atom. The smallest absolute Gasteiger partial charge is 0.265 e. The number of anilines is 1. The van der Waals surface area contributed by atoms with Gasteiger partial charge in [-0.15, -0.1) is 11.3 Å².